The molecule has 17 heavy (non-hydrogen) atoms. The molecular formula is C12H21N3O2. The number of aliphatic hydroxyl groups excluding tert-OH is 1. The summed E-state index contributed by atoms with van der Waals surface area (Å²) in [4.78, 5) is 6.32. The Balaban J connectivity index is 2.47. The van der Waals surface area contributed by atoms with E-state index < -0.39 is 0 Å². The molecule has 0 aliphatic rings. The molecule has 5 heteroatoms. The third-order valence-corrected chi connectivity index (χ3v) is 2.43. The molecule has 0 amide bonds. The van der Waals surface area contributed by atoms with Crippen molar-refractivity contribution >= 4 is 0 Å². The summed E-state index contributed by atoms with van der Waals surface area (Å²) in [5.41, 5.74) is 0. The number of aliphatic hydroxyl groups is 1. The average molecular weight is 239 g/mol. The van der Waals surface area contributed by atoms with Crippen LogP contribution in [0.15, 0.2) is 17.2 Å². The summed E-state index contributed by atoms with van der Waals surface area (Å²) < 4.78 is 5.17. The highest BCUT2D eigenvalue weighted by atomic mass is 16.5. The summed E-state index contributed by atoms with van der Waals surface area (Å²) in [5.74, 6) is 1.37. The Morgan fingerprint density at radius 1 is 1.53 bits per heavy atom. The molecule has 0 saturated heterocycles. The molecule has 0 spiro atoms. The van der Waals surface area contributed by atoms with E-state index in [1.807, 2.05) is 4.90 Å². The van der Waals surface area contributed by atoms with Gasteiger partial charge >= 0.3 is 0 Å². The van der Waals surface area contributed by atoms with E-state index in [2.05, 4.69) is 23.6 Å². The molecule has 1 aromatic rings. The van der Waals surface area contributed by atoms with Gasteiger partial charge in [0, 0.05) is 19.5 Å². The molecule has 96 valence electrons. The fraction of sp³-hybridized carbons (Fsp3) is 0.667. The van der Waals surface area contributed by atoms with Gasteiger partial charge in [-0.1, -0.05) is 24.6 Å². The van der Waals surface area contributed by atoms with Gasteiger partial charge in [0.25, 0.3) is 0 Å². The lowest BCUT2D eigenvalue weighted by Crippen LogP contribution is -2.26. The Morgan fingerprint density at radius 3 is 3.00 bits per heavy atom. The zero-order chi connectivity index (χ0) is 12.5. The monoisotopic (exact) mass is 239 g/mol. The van der Waals surface area contributed by atoms with E-state index in [-0.39, 0.29) is 6.61 Å². The predicted molar refractivity (Wildman–Crippen MR) is 65.5 cm³/mol. The lowest BCUT2D eigenvalue weighted by molar-refractivity contribution is 0.186. The highest BCUT2D eigenvalue weighted by Crippen LogP contribution is 2.05. The second kappa shape index (κ2) is 7.97. The number of hydrogen-bond acceptors (Lipinski definition) is 5. The number of aryl methyl sites for hydroxylation is 1. The SMILES string of the molecule is C=CCN(CCO)Cc1nc(CCCC)no1. The largest absolute Gasteiger partial charge is 0.395 e. The van der Waals surface area contributed by atoms with Crippen LogP contribution < -0.4 is 0 Å². The van der Waals surface area contributed by atoms with E-state index in [1.165, 1.54) is 0 Å². The molecular weight excluding hydrogens is 218 g/mol. The van der Waals surface area contributed by atoms with Gasteiger partial charge < -0.3 is 9.63 Å². The van der Waals surface area contributed by atoms with Crippen molar-refractivity contribution in [2.75, 3.05) is 19.7 Å². The summed E-state index contributed by atoms with van der Waals surface area (Å²) in [7, 11) is 0. The van der Waals surface area contributed by atoms with E-state index in [4.69, 9.17) is 9.63 Å². The van der Waals surface area contributed by atoms with Crippen molar-refractivity contribution in [2.24, 2.45) is 0 Å². The van der Waals surface area contributed by atoms with E-state index in [0.29, 0.717) is 25.5 Å². The zero-order valence-electron chi connectivity index (χ0n) is 10.4. The van der Waals surface area contributed by atoms with Gasteiger partial charge in [0.15, 0.2) is 5.82 Å². The van der Waals surface area contributed by atoms with Crippen LogP contribution in [0.3, 0.4) is 0 Å². The lowest BCUT2D eigenvalue weighted by atomic mass is 10.2. The van der Waals surface area contributed by atoms with Crippen LogP contribution >= 0.6 is 0 Å². The van der Waals surface area contributed by atoms with Crippen molar-refractivity contribution in [1.29, 1.82) is 0 Å². The molecule has 0 bridgehead atoms. The number of nitrogens with zero attached hydrogens (tertiary/aromatic N) is 3. The molecule has 1 rings (SSSR count). The first kappa shape index (κ1) is 13.9. The summed E-state index contributed by atoms with van der Waals surface area (Å²) in [6, 6.07) is 0. The van der Waals surface area contributed by atoms with Crippen molar-refractivity contribution in [1.82, 2.24) is 15.0 Å². The topological polar surface area (TPSA) is 62.4 Å². The maximum absolute atomic E-state index is 8.92. The van der Waals surface area contributed by atoms with Gasteiger partial charge in [-0.15, -0.1) is 6.58 Å². The van der Waals surface area contributed by atoms with Crippen molar-refractivity contribution in [2.45, 2.75) is 32.7 Å². The third-order valence-electron chi connectivity index (χ3n) is 2.43. The first-order valence-electron chi connectivity index (χ1n) is 6.05. The molecule has 0 aromatic carbocycles. The van der Waals surface area contributed by atoms with E-state index in [0.717, 1.165) is 25.1 Å². The van der Waals surface area contributed by atoms with Crippen LogP contribution in [-0.4, -0.2) is 39.8 Å². The molecule has 0 atom stereocenters. The second-order valence-corrected chi connectivity index (χ2v) is 3.96. The minimum Gasteiger partial charge on any atom is -0.395 e. The Hall–Kier alpha value is -1.20. The maximum atomic E-state index is 8.92. The molecule has 0 aliphatic heterocycles. The zero-order valence-corrected chi connectivity index (χ0v) is 10.4. The highest BCUT2D eigenvalue weighted by molar-refractivity contribution is 4.87. The summed E-state index contributed by atoms with van der Waals surface area (Å²) in [6.45, 7) is 7.77. The maximum Gasteiger partial charge on any atom is 0.240 e. The molecule has 1 aromatic heterocycles. The van der Waals surface area contributed by atoms with Crippen molar-refractivity contribution in [3.05, 3.63) is 24.4 Å². The molecule has 0 unspecified atom stereocenters. The van der Waals surface area contributed by atoms with Gasteiger partial charge in [-0.3, -0.25) is 4.90 Å². The van der Waals surface area contributed by atoms with Crippen LogP contribution in [0, 0.1) is 0 Å². The van der Waals surface area contributed by atoms with Gasteiger partial charge in [-0.05, 0) is 6.42 Å². The van der Waals surface area contributed by atoms with Gasteiger partial charge in [0.1, 0.15) is 0 Å². The first-order chi connectivity index (χ1) is 8.30. The smallest absolute Gasteiger partial charge is 0.240 e. The lowest BCUT2D eigenvalue weighted by Gasteiger charge is -2.16. The third kappa shape index (κ3) is 5.10. The van der Waals surface area contributed by atoms with Crippen molar-refractivity contribution in [3.8, 4) is 0 Å². The summed E-state index contributed by atoms with van der Waals surface area (Å²) in [5, 5.41) is 12.8. The summed E-state index contributed by atoms with van der Waals surface area (Å²) >= 11 is 0. The highest BCUT2D eigenvalue weighted by Gasteiger charge is 2.10. The Morgan fingerprint density at radius 2 is 2.35 bits per heavy atom. The van der Waals surface area contributed by atoms with Crippen LogP contribution in [0.25, 0.3) is 0 Å². The number of rotatable bonds is 9. The molecule has 1 N–H and O–H groups in total. The molecule has 0 aliphatic carbocycles. The fourth-order valence-electron chi connectivity index (χ4n) is 1.54. The van der Waals surface area contributed by atoms with E-state index in [1.54, 1.807) is 6.08 Å². The standard InChI is InChI=1S/C12H21N3O2/c1-3-5-6-11-13-12(17-14-11)10-15(7-4-2)8-9-16/h4,16H,2-3,5-10H2,1H3. The van der Waals surface area contributed by atoms with Gasteiger partial charge in [0.2, 0.25) is 5.89 Å². The number of aromatic nitrogens is 2. The van der Waals surface area contributed by atoms with Gasteiger partial charge in [-0.2, -0.15) is 4.98 Å². The van der Waals surface area contributed by atoms with Crippen LogP contribution in [-0.2, 0) is 13.0 Å². The van der Waals surface area contributed by atoms with E-state index >= 15 is 0 Å². The number of unbranched alkanes of at least 4 members (excludes halogenated alkanes) is 1. The fourth-order valence-corrected chi connectivity index (χ4v) is 1.54. The Bertz CT molecular complexity index is 325. The predicted octanol–water partition coefficient (Wildman–Crippen LogP) is 1.39. The summed E-state index contributed by atoms with van der Waals surface area (Å²) in [6.07, 6.45) is 4.86. The van der Waals surface area contributed by atoms with Gasteiger partial charge in [-0.25, -0.2) is 0 Å². The van der Waals surface area contributed by atoms with E-state index in [9.17, 15) is 0 Å². The minimum absolute atomic E-state index is 0.116. The molecule has 0 radical (unpaired) electrons. The first-order valence-corrected chi connectivity index (χ1v) is 6.05. The minimum atomic E-state index is 0.116. The molecule has 0 saturated carbocycles. The normalized spacial score (nSPS) is 11.0. The molecule has 1 heterocycles. The second-order valence-electron chi connectivity index (χ2n) is 3.96. The molecule has 0 fully saturated rings. The van der Waals surface area contributed by atoms with Crippen LogP contribution in [0.4, 0.5) is 0 Å². The van der Waals surface area contributed by atoms with Crippen molar-refractivity contribution < 1.29 is 9.63 Å². The molecule has 5 nitrogen and oxygen atoms in total. The number of hydrogen-bond donors (Lipinski definition) is 1. The van der Waals surface area contributed by atoms with Crippen LogP contribution in [0.1, 0.15) is 31.5 Å². The van der Waals surface area contributed by atoms with Crippen LogP contribution in [0.5, 0.6) is 0 Å². The van der Waals surface area contributed by atoms with Crippen molar-refractivity contribution in [3.63, 3.8) is 0 Å². The Labute approximate surface area is 102 Å². The Kier molecular flexibility index (Phi) is 6.50. The average Bonchev–Trinajstić information content (AvgIpc) is 2.75. The quantitative estimate of drug-likeness (QED) is 0.660. The van der Waals surface area contributed by atoms with Crippen LogP contribution in [0.2, 0.25) is 0 Å². The van der Waals surface area contributed by atoms with Gasteiger partial charge in [0.05, 0.1) is 13.2 Å².